The number of hydrogen-bond acceptors (Lipinski definition) is 3. The van der Waals surface area contributed by atoms with Gasteiger partial charge < -0.3 is 15.6 Å². The summed E-state index contributed by atoms with van der Waals surface area (Å²) in [6, 6.07) is 9.30. The SMILES string of the molecule is CC(=O)NCc1ccc(Cc2cncc(C(=O)NCc3cc4c(Cl)c[nH]c4cc3F)c2)c(F)c1. The average Bonchev–Trinajstić information content (AvgIpc) is 3.17. The van der Waals surface area contributed by atoms with E-state index in [1.807, 2.05) is 0 Å². The summed E-state index contributed by atoms with van der Waals surface area (Å²) >= 11 is 6.09. The zero-order valence-corrected chi connectivity index (χ0v) is 19.0. The Bertz CT molecular complexity index is 1390. The van der Waals surface area contributed by atoms with E-state index < -0.39 is 17.5 Å². The lowest BCUT2D eigenvalue weighted by Gasteiger charge is -2.09. The smallest absolute Gasteiger partial charge is 0.253 e. The Labute approximate surface area is 199 Å². The second-order valence-corrected chi connectivity index (χ2v) is 8.31. The van der Waals surface area contributed by atoms with Gasteiger partial charge in [0.2, 0.25) is 5.91 Å². The third kappa shape index (κ3) is 5.40. The first-order chi connectivity index (χ1) is 16.3. The quantitative estimate of drug-likeness (QED) is 0.358. The number of H-pyrrole nitrogens is 1. The van der Waals surface area contributed by atoms with Gasteiger partial charge in [-0.1, -0.05) is 23.7 Å². The lowest BCUT2D eigenvalue weighted by Crippen LogP contribution is -2.23. The highest BCUT2D eigenvalue weighted by molar-refractivity contribution is 6.35. The van der Waals surface area contributed by atoms with Gasteiger partial charge in [0, 0.05) is 61.5 Å². The van der Waals surface area contributed by atoms with Crippen molar-refractivity contribution in [1.29, 1.82) is 0 Å². The number of nitrogens with one attached hydrogen (secondary N) is 3. The summed E-state index contributed by atoms with van der Waals surface area (Å²) in [5.74, 6) is -1.50. The standard InChI is InChI=1S/C25H21ClF2N4O2/c1-14(33)30-10-15-2-3-17(22(27)6-15)4-16-5-19(11-29-9-16)25(34)32-12-18-7-20-21(26)13-31-24(20)8-23(18)28/h2-3,5-9,11,13,31H,4,10,12H2,1H3,(H,30,33)(H,32,34). The van der Waals surface area contributed by atoms with Gasteiger partial charge in [-0.05, 0) is 41.0 Å². The van der Waals surface area contributed by atoms with Gasteiger partial charge in [0.05, 0.1) is 10.6 Å². The van der Waals surface area contributed by atoms with E-state index in [1.165, 1.54) is 25.3 Å². The molecular weight excluding hydrogens is 462 g/mol. The molecule has 4 aromatic rings. The van der Waals surface area contributed by atoms with Crippen LogP contribution in [0.25, 0.3) is 10.9 Å². The lowest BCUT2D eigenvalue weighted by atomic mass is 10.0. The number of aromatic nitrogens is 2. The zero-order chi connectivity index (χ0) is 24.2. The van der Waals surface area contributed by atoms with E-state index in [4.69, 9.17) is 11.6 Å². The Morgan fingerprint density at radius 1 is 0.971 bits per heavy atom. The van der Waals surface area contributed by atoms with E-state index in [2.05, 4.69) is 20.6 Å². The van der Waals surface area contributed by atoms with Crippen LogP contribution in [-0.2, 0) is 24.3 Å². The minimum absolute atomic E-state index is 0.0310. The van der Waals surface area contributed by atoms with Crippen molar-refractivity contribution in [3.63, 3.8) is 0 Å². The van der Waals surface area contributed by atoms with Crippen LogP contribution < -0.4 is 10.6 Å². The Balaban J connectivity index is 1.43. The van der Waals surface area contributed by atoms with Crippen molar-refractivity contribution in [2.75, 3.05) is 0 Å². The topological polar surface area (TPSA) is 86.9 Å². The molecule has 0 atom stereocenters. The summed E-state index contributed by atoms with van der Waals surface area (Å²) in [6.45, 7) is 1.61. The molecule has 0 bridgehead atoms. The summed E-state index contributed by atoms with van der Waals surface area (Å²) in [4.78, 5) is 30.6. The van der Waals surface area contributed by atoms with Crippen LogP contribution in [-0.4, -0.2) is 21.8 Å². The Morgan fingerprint density at radius 2 is 1.76 bits per heavy atom. The number of benzene rings is 2. The van der Waals surface area contributed by atoms with E-state index in [1.54, 1.807) is 36.7 Å². The van der Waals surface area contributed by atoms with Crippen LogP contribution in [0.4, 0.5) is 8.78 Å². The van der Waals surface area contributed by atoms with Gasteiger partial charge in [0.25, 0.3) is 5.91 Å². The summed E-state index contributed by atoms with van der Waals surface area (Å²) < 4.78 is 28.9. The third-order valence-electron chi connectivity index (χ3n) is 5.35. The molecule has 0 aliphatic carbocycles. The number of pyridine rings is 1. The molecule has 2 aromatic heterocycles. The van der Waals surface area contributed by atoms with Crippen molar-refractivity contribution in [3.05, 3.63) is 99.5 Å². The van der Waals surface area contributed by atoms with E-state index >= 15 is 0 Å². The van der Waals surface area contributed by atoms with Crippen molar-refractivity contribution in [1.82, 2.24) is 20.6 Å². The molecule has 4 rings (SSSR count). The van der Waals surface area contributed by atoms with E-state index in [-0.39, 0.29) is 31.0 Å². The number of carbonyl (C=O) groups is 2. The largest absolute Gasteiger partial charge is 0.360 e. The summed E-state index contributed by atoms with van der Waals surface area (Å²) in [5.41, 5.74) is 2.88. The van der Waals surface area contributed by atoms with Crippen LogP contribution >= 0.6 is 11.6 Å². The lowest BCUT2D eigenvalue weighted by molar-refractivity contribution is -0.119. The molecule has 0 saturated carbocycles. The second kappa shape index (κ2) is 10.0. The molecule has 0 saturated heterocycles. The molecular formula is C25H21ClF2N4O2. The molecule has 34 heavy (non-hydrogen) atoms. The van der Waals surface area contributed by atoms with Gasteiger partial charge >= 0.3 is 0 Å². The molecule has 2 aromatic carbocycles. The number of halogens is 3. The van der Waals surface area contributed by atoms with Crippen LogP contribution in [0.5, 0.6) is 0 Å². The first-order valence-corrected chi connectivity index (χ1v) is 10.9. The van der Waals surface area contributed by atoms with Crippen LogP contribution in [0.1, 0.15) is 39.5 Å². The predicted molar refractivity (Wildman–Crippen MR) is 125 cm³/mol. The molecule has 9 heteroatoms. The first kappa shape index (κ1) is 23.4. The van der Waals surface area contributed by atoms with Crippen molar-refractivity contribution in [3.8, 4) is 0 Å². The van der Waals surface area contributed by atoms with Gasteiger partial charge in [0.15, 0.2) is 0 Å². The number of nitrogens with zero attached hydrogens (tertiary/aromatic N) is 1. The fourth-order valence-electron chi connectivity index (χ4n) is 3.57. The fraction of sp³-hybridized carbons (Fsp3) is 0.160. The van der Waals surface area contributed by atoms with Crippen LogP contribution in [0.3, 0.4) is 0 Å². The first-order valence-electron chi connectivity index (χ1n) is 10.5. The van der Waals surface area contributed by atoms with E-state index in [0.717, 1.165) is 0 Å². The molecule has 0 aliphatic heterocycles. The minimum Gasteiger partial charge on any atom is -0.360 e. The minimum atomic E-state index is -0.462. The summed E-state index contributed by atoms with van der Waals surface area (Å²) in [6.07, 6.45) is 4.76. The maximum absolute atomic E-state index is 14.5. The highest BCUT2D eigenvalue weighted by Crippen LogP contribution is 2.26. The maximum atomic E-state index is 14.5. The summed E-state index contributed by atoms with van der Waals surface area (Å²) in [5, 5.41) is 6.44. The fourth-order valence-corrected chi connectivity index (χ4v) is 3.78. The van der Waals surface area contributed by atoms with Crippen LogP contribution in [0.15, 0.2) is 55.0 Å². The number of aromatic amines is 1. The number of fused-ring (bicyclic) bond motifs is 1. The van der Waals surface area contributed by atoms with Crippen LogP contribution in [0, 0.1) is 11.6 Å². The number of rotatable bonds is 7. The highest BCUT2D eigenvalue weighted by atomic mass is 35.5. The molecule has 0 radical (unpaired) electrons. The molecule has 0 unspecified atom stereocenters. The summed E-state index contributed by atoms with van der Waals surface area (Å²) in [7, 11) is 0. The van der Waals surface area contributed by atoms with Crippen molar-refractivity contribution in [2.24, 2.45) is 0 Å². The number of hydrogen-bond donors (Lipinski definition) is 3. The number of carbonyl (C=O) groups excluding carboxylic acids is 2. The Morgan fingerprint density at radius 3 is 2.53 bits per heavy atom. The van der Waals surface area contributed by atoms with Gasteiger partial charge in [0.1, 0.15) is 11.6 Å². The predicted octanol–water partition coefficient (Wildman–Crippen LogP) is 4.65. The van der Waals surface area contributed by atoms with Crippen molar-refractivity contribution < 1.29 is 18.4 Å². The van der Waals surface area contributed by atoms with Crippen molar-refractivity contribution in [2.45, 2.75) is 26.4 Å². The molecule has 6 nitrogen and oxygen atoms in total. The van der Waals surface area contributed by atoms with E-state index in [9.17, 15) is 18.4 Å². The molecule has 2 heterocycles. The monoisotopic (exact) mass is 482 g/mol. The Kier molecular flexibility index (Phi) is 6.88. The average molecular weight is 483 g/mol. The van der Waals surface area contributed by atoms with Gasteiger partial charge in [-0.15, -0.1) is 0 Å². The molecule has 0 fully saturated rings. The third-order valence-corrected chi connectivity index (χ3v) is 5.66. The highest BCUT2D eigenvalue weighted by Gasteiger charge is 2.13. The van der Waals surface area contributed by atoms with Gasteiger partial charge in [-0.3, -0.25) is 14.6 Å². The zero-order valence-electron chi connectivity index (χ0n) is 18.2. The van der Waals surface area contributed by atoms with Gasteiger partial charge in [-0.25, -0.2) is 8.78 Å². The molecule has 0 aliphatic rings. The van der Waals surface area contributed by atoms with Gasteiger partial charge in [-0.2, -0.15) is 0 Å². The normalized spacial score (nSPS) is 10.9. The Hall–Kier alpha value is -3.78. The molecule has 3 N–H and O–H groups in total. The molecule has 2 amide bonds. The van der Waals surface area contributed by atoms with Crippen LogP contribution in [0.2, 0.25) is 5.02 Å². The molecule has 174 valence electrons. The van der Waals surface area contributed by atoms with E-state index in [0.29, 0.717) is 38.2 Å². The number of amides is 2. The maximum Gasteiger partial charge on any atom is 0.253 e. The molecule has 0 spiro atoms. The van der Waals surface area contributed by atoms with Crippen molar-refractivity contribution >= 4 is 34.3 Å². The second-order valence-electron chi connectivity index (χ2n) is 7.90.